The van der Waals surface area contributed by atoms with E-state index in [9.17, 15) is 0 Å². The molecular formula is C17H12ClNO. The molecule has 20 heavy (non-hydrogen) atoms. The predicted molar refractivity (Wildman–Crippen MR) is 81.4 cm³/mol. The van der Waals surface area contributed by atoms with E-state index in [0.717, 1.165) is 46.0 Å². The molecule has 0 saturated heterocycles. The maximum atomic E-state index is 6.36. The number of nitrogens with zero attached hydrogens (tertiary/aromatic N) is 1. The first-order chi connectivity index (χ1) is 9.81. The Bertz CT molecular complexity index is 813. The number of pyridine rings is 1. The van der Waals surface area contributed by atoms with E-state index in [-0.39, 0.29) is 0 Å². The number of aromatic nitrogens is 1. The van der Waals surface area contributed by atoms with Crippen molar-refractivity contribution in [2.45, 2.75) is 6.42 Å². The molecule has 0 bridgehead atoms. The van der Waals surface area contributed by atoms with Gasteiger partial charge in [-0.2, -0.15) is 0 Å². The lowest BCUT2D eigenvalue weighted by Crippen LogP contribution is -1.88. The Balaban J connectivity index is 1.90. The molecule has 2 aromatic carbocycles. The lowest BCUT2D eigenvalue weighted by molar-refractivity contribution is 0.357. The van der Waals surface area contributed by atoms with Crippen molar-refractivity contribution < 1.29 is 4.74 Å². The molecule has 0 amide bonds. The van der Waals surface area contributed by atoms with Crippen LogP contribution in [0.2, 0.25) is 5.02 Å². The maximum absolute atomic E-state index is 6.36. The van der Waals surface area contributed by atoms with Gasteiger partial charge in [-0.15, -0.1) is 0 Å². The van der Waals surface area contributed by atoms with E-state index in [1.54, 1.807) is 0 Å². The zero-order valence-corrected chi connectivity index (χ0v) is 11.5. The second kappa shape index (κ2) is 4.50. The third kappa shape index (κ3) is 1.84. The molecule has 2 nitrogen and oxygen atoms in total. The molecule has 0 atom stereocenters. The van der Waals surface area contributed by atoms with Crippen LogP contribution in [-0.2, 0) is 6.42 Å². The van der Waals surface area contributed by atoms with E-state index < -0.39 is 0 Å². The molecule has 0 spiro atoms. The first-order valence-corrected chi connectivity index (χ1v) is 7.00. The Kier molecular flexibility index (Phi) is 2.64. The first kappa shape index (κ1) is 11.7. The van der Waals surface area contributed by atoms with E-state index in [1.165, 1.54) is 5.56 Å². The Morgan fingerprint density at radius 1 is 1.05 bits per heavy atom. The molecule has 1 aliphatic rings. The topological polar surface area (TPSA) is 22.1 Å². The summed E-state index contributed by atoms with van der Waals surface area (Å²) in [5, 5.41) is 1.73. The number of fused-ring (bicyclic) bond motifs is 2. The summed E-state index contributed by atoms with van der Waals surface area (Å²) in [5.74, 6) is 0.987. The molecule has 0 saturated carbocycles. The Labute approximate surface area is 122 Å². The average molecular weight is 282 g/mol. The molecule has 1 aliphatic heterocycles. The number of para-hydroxylation sites is 1. The van der Waals surface area contributed by atoms with Gasteiger partial charge in [0.15, 0.2) is 0 Å². The summed E-state index contributed by atoms with van der Waals surface area (Å²) in [5.41, 5.74) is 4.16. The SMILES string of the molecule is Clc1cc(-c2ccc3c(c2)CCO3)nc2ccccc12. The van der Waals surface area contributed by atoms with Crippen LogP contribution < -0.4 is 4.74 Å². The second-order valence-corrected chi connectivity index (χ2v) is 5.33. The lowest BCUT2D eigenvalue weighted by atomic mass is 10.0. The van der Waals surface area contributed by atoms with Gasteiger partial charge < -0.3 is 4.74 Å². The summed E-state index contributed by atoms with van der Waals surface area (Å²) in [6, 6.07) is 16.1. The van der Waals surface area contributed by atoms with E-state index >= 15 is 0 Å². The predicted octanol–water partition coefficient (Wildman–Crippen LogP) is 4.49. The molecular weight excluding hydrogens is 270 g/mol. The Morgan fingerprint density at radius 2 is 1.95 bits per heavy atom. The highest BCUT2D eigenvalue weighted by Gasteiger charge is 2.13. The molecule has 3 heteroatoms. The molecule has 0 radical (unpaired) electrons. The molecule has 0 fully saturated rings. The van der Waals surface area contributed by atoms with Crippen molar-refractivity contribution in [3.05, 3.63) is 59.1 Å². The van der Waals surface area contributed by atoms with Crippen LogP contribution in [0, 0.1) is 0 Å². The highest BCUT2D eigenvalue weighted by Crippen LogP contribution is 2.32. The van der Waals surface area contributed by atoms with Crippen LogP contribution in [0.25, 0.3) is 22.2 Å². The van der Waals surface area contributed by atoms with Crippen LogP contribution in [-0.4, -0.2) is 11.6 Å². The number of rotatable bonds is 1. The van der Waals surface area contributed by atoms with Gasteiger partial charge in [0.05, 0.1) is 22.8 Å². The van der Waals surface area contributed by atoms with Crippen LogP contribution in [0.15, 0.2) is 48.5 Å². The molecule has 3 aromatic rings. The van der Waals surface area contributed by atoms with Gasteiger partial charge in [-0.1, -0.05) is 29.8 Å². The van der Waals surface area contributed by atoms with Crippen molar-refractivity contribution in [2.75, 3.05) is 6.61 Å². The normalized spacial score (nSPS) is 13.2. The summed E-state index contributed by atoms with van der Waals surface area (Å²) < 4.78 is 5.54. The lowest BCUT2D eigenvalue weighted by Gasteiger charge is -2.07. The van der Waals surface area contributed by atoms with Gasteiger partial charge in [0.2, 0.25) is 0 Å². The third-order valence-electron chi connectivity index (χ3n) is 3.65. The van der Waals surface area contributed by atoms with Gasteiger partial charge in [0.1, 0.15) is 5.75 Å². The van der Waals surface area contributed by atoms with Crippen LogP contribution in [0.5, 0.6) is 5.75 Å². The van der Waals surface area contributed by atoms with Crippen molar-refractivity contribution in [2.24, 2.45) is 0 Å². The van der Waals surface area contributed by atoms with Gasteiger partial charge in [0, 0.05) is 17.4 Å². The maximum Gasteiger partial charge on any atom is 0.122 e. The fraction of sp³-hybridized carbons (Fsp3) is 0.118. The van der Waals surface area contributed by atoms with E-state index in [0.29, 0.717) is 0 Å². The second-order valence-electron chi connectivity index (χ2n) is 4.93. The minimum Gasteiger partial charge on any atom is -0.493 e. The average Bonchev–Trinajstić information content (AvgIpc) is 2.94. The van der Waals surface area contributed by atoms with Crippen LogP contribution in [0.4, 0.5) is 0 Å². The fourth-order valence-corrected chi connectivity index (χ4v) is 2.89. The monoisotopic (exact) mass is 281 g/mol. The summed E-state index contributed by atoms with van der Waals surface area (Å²) in [6.07, 6.45) is 0.963. The van der Waals surface area contributed by atoms with Crippen LogP contribution in [0.3, 0.4) is 0 Å². The standard InChI is InChI=1S/C17H12ClNO/c18-14-10-16(19-15-4-2-1-3-13(14)15)11-5-6-17-12(9-11)7-8-20-17/h1-6,9-10H,7-8H2. The largest absolute Gasteiger partial charge is 0.493 e. The van der Waals surface area contributed by atoms with Crippen LogP contribution in [0.1, 0.15) is 5.56 Å². The highest BCUT2D eigenvalue weighted by atomic mass is 35.5. The highest BCUT2D eigenvalue weighted by molar-refractivity contribution is 6.35. The van der Waals surface area contributed by atoms with Gasteiger partial charge in [-0.3, -0.25) is 0 Å². The zero-order chi connectivity index (χ0) is 13.5. The molecule has 0 unspecified atom stereocenters. The van der Waals surface area contributed by atoms with Crippen molar-refractivity contribution in [3.8, 4) is 17.0 Å². The quantitative estimate of drug-likeness (QED) is 0.656. The number of ether oxygens (including phenoxy) is 1. The van der Waals surface area contributed by atoms with Crippen molar-refractivity contribution in [3.63, 3.8) is 0 Å². The van der Waals surface area contributed by atoms with Gasteiger partial charge >= 0.3 is 0 Å². The van der Waals surface area contributed by atoms with E-state index in [2.05, 4.69) is 6.07 Å². The molecule has 98 valence electrons. The summed E-state index contributed by atoms with van der Waals surface area (Å²) in [6.45, 7) is 0.769. The number of hydrogen-bond donors (Lipinski definition) is 0. The third-order valence-corrected chi connectivity index (χ3v) is 3.96. The summed E-state index contributed by atoms with van der Waals surface area (Å²) in [4.78, 5) is 4.71. The van der Waals surface area contributed by atoms with Crippen molar-refractivity contribution >= 4 is 22.5 Å². The molecule has 0 aliphatic carbocycles. The molecule has 4 rings (SSSR count). The van der Waals surface area contributed by atoms with Gasteiger partial charge in [0.25, 0.3) is 0 Å². The number of hydrogen-bond acceptors (Lipinski definition) is 2. The minimum absolute atomic E-state index is 0.738. The molecule has 0 N–H and O–H groups in total. The van der Waals surface area contributed by atoms with Gasteiger partial charge in [-0.25, -0.2) is 4.98 Å². The summed E-state index contributed by atoms with van der Waals surface area (Å²) >= 11 is 6.36. The first-order valence-electron chi connectivity index (χ1n) is 6.63. The fourth-order valence-electron chi connectivity index (χ4n) is 2.63. The van der Waals surface area contributed by atoms with E-state index in [1.807, 2.05) is 42.5 Å². The smallest absolute Gasteiger partial charge is 0.122 e. The molecule has 2 heterocycles. The van der Waals surface area contributed by atoms with Gasteiger partial charge in [-0.05, 0) is 35.9 Å². The van der Waals surface area contributed by atoms with Crippen molar-refractivity contribution in [1.29, 1.82) is 0 Å². The number of benzene rings is 2. The zero-order valence-electron chi connectivity index (χ0n) is 10.8. The van der Waals surface area contributed by atoms with E-state index in [4.69, 9.17) is 21.3 Å². The van der Waals surface area contributed by atoms with Crippen LogP contribution >= 0.6 is 11.6 Å². The minimum atomic E-state index is 0.738. The van der Waals surface area contributed by atoms with Crippen molar-refractivity contribution in [1.82, 2.24) is 4.98 Å². The summed E-state index contributed by atoms with van der Waals surface area (Å²) in [7, 11) is 0. The Hall–Kier alpha value is -2.06. The molecule has 1 aromatic heterocycles. The Morgan fingerprint density at radius 3 is 2.90 bits per heavy atom. The number of halogens is 1.